The average Bonchev–Trinajstić information content (AvgIpc) is 3.24. The molecule has 1 aliphatic rings. The second-order valence-electron chi connectivity index (χ2n) is 5.94. The standard InChI is InChI=1S/C16H23N5O2/c1-4-21-11(3)14(10(2)20-21)16(22)17-7-12-5-6-23-15(12)13-8-18-19-9-13/h8-9,12,15H,4-7H2,1-3H3,(H,17,22)(H,18,19)/t12-,15+/m1/s1. The molecule has 2 aromatic rings. The Morgan fingerprint density at radius 2 is 2.35 bits per heavy atom. The molecule has 0 spiro atoms. The van der Waals surface area contributed by atoms with E-state index in [9.17, 15) is 4.79 Å². The lowest BCUT2D eigenvalue weighted by atomic mass is 9.97. The molecule has 0 bridgehead atoms. The predicted octanol–water partition coefficient (Wildman–Crippen LogP) is 1.75. The van der Waals surface area contributed by atoms with Crippen LogP contribution in [0.5, 0.6) is 0 Å². The number of rotatable bonds is 5. The molecule has 0 radical (unpaired) electrons. The van der Waals surface area contributed by atoms with Crippen molar-refractivity contribution < 1.29 is 9.53 Å². The van der Waals surface area contributed by atoms with Crippen molar-refractivity contribution in [3.63, 3.8) is 0 Å². The molecule has 7 heteroatoms. The van der Waals surface area contributed by atoms with Crippen LogP contribution in [-0.2, 0) is 11.3 Å². The van der Waals surface area contributed by atoms with Crippen LogP contribution in [0.25, 0.3) is 0 Å². The van der Waals surface area contributed by atoms with Gasteiger partial charge in [0.05, 0.1) is 23.6 Å². The summed E-state index contributed by atoms with van der Waals surface area (Å²) in [4.78, 5) is 12.5. The lowest BCUT2D eigenvalue weighted by Crippen LogP contribution is -2.31. The largest absolute Gasteiger partial charge is 0.373 e. The number of carbonyl (C=O) groups excluding carboxylic acids is 1. The molecule has 1 amide bonds. The number of nitrogens with one attached hydrogen (secondary N) is 2. The van der Waals surface area contributed by atoms with Crippen LogP contribution < -0.4 is 5.32 Å². The van der Waals surface area contributed by atoms with Gasteiger partial charge in [-0.3, -0.25) is 14.6 Å². The number of amides is 1. The zero-order valence-electron chi connectivity index (χ0n) is 13.8. The summed E-state index contributed by atoms with van der Waals surface area (Å²) in [5, 5.41) is 14.2. The predicted molar refractivity (Wildman–Crippen MR) is 85.1 cm³/mol. The van der Waals surface area contributed by atoms with E-state index in [4.69, 9.17) is 4.74 Å². The van der Waals surface area contributed by atoms with Gasteiger partial charge in [-0.2, -0.15) is 10.2 Å². The van der Waals surface area contributed by atoms with E-state index in [2.05, 4.69) is 20.6 Å². The average molecular weight is 317 g/mol. The van der Waals surface area contributed by atoms with Crippen molar-refractivity contribution in [2.45, 2.75) is 39.8 Å². The lowest BCUT2D eigenvalue weighted by molar-refractivity contribution is 0.0846. The summed E-state index contributed by atoms with van der Waals surface area (Å²) in [5.41, 5.74) is 3.41. The Hall–Kier alpha value is -2.15. The fourth-order valence-electron chi connectivity index (χ4n) is 3.27. The highest BCUT2D eigenvalue weighted by Gasteiger charge is 2.31. The molecule has 2 atom stereocenters. The molecule has 1 fully saturated rings. The van der Waals surface area contributed by atoms with Crippen LogP contribution in [0.4, 0.5) is 0 Å². The van der Waals surface area contributed by atoms with Gasteiger partial charge >= 0.3 is 0 Å². The number of aryl methyl sites for hydroxylation is 2. The summed E-state index contributed by atoms with van der Waals surface area (Å²) in [6.07, 6.45) is 4.56. The molecule has 2 aromatic heterocycles. The van der Waals surface area contributed by atoms with Crippen LogP contribution >= 0.6 is 0 Å². The fraction of sp³-hybridized carbons (Fsp3) is 0.562. The molecular weight excluding hydrogens is 294 g/mol. The van der Waals surface area contributed by atoms with Gasteiger partial charge in [-0.1, -0.05) is 0 Å². The minimum Gasteiger partial charge on any atom is -0.373 e. The molecule has 124 valence electrons. The van der Waals surface area contributed by atoms with E-state index in [1.165, 1.54) is 0 Å². The molecule has 0 saturated carbocycles. The van der Waals surface area contributed by atoms with Gasteiger partial charge in [0.2, 0.25) is 0 Å². The van der Waals surface area contributed by atoms with Crippen LogP contribution in [-0.4, -0.2) is 39.0 Å². The Morgan fingerprint density at radius 1 is 1.52 bits per heavy atom. The number of hydrogen-bond acceptors (Lipinski definition) is 4. The van der Waals surface area contributed by atoms with Gasteiger partial charge < -0.3 is 10.1 Å². The van der Waals surface area contributed by atoms with E-state index >= 15 is 0 Å². The van der Waals surface area contributed by atoms with E-state index in [1.807, 2.05) is 31.6 Å². The third-order valence-corrected chi connectivity index (χ3v) is 4.50. The highest BCUT2D eigenvalue weighted by molar-refractivity contribution is 5.96. The maximum absolute atomic E-state index is 12.5. The summed E-state index contributed by atoms with van der Waals surface area (Å²) in [6, 6.07) is 0. The maximum Gasteiger partial charge on any atom is 0.255 e. The van der Waals surface area contributed by atoms with E-state index < -0.39 is 0 Å². The summed E-state index contributed by atoms with van der Waals surface area (Å²) in [6.45, 7) is 7.89. The molecule has 0 aliphatic carbocycles. The second kappa shape index (κ2) is 6.54. The van der Waals surface area contributed by atoms with Crippen molar-refractivity contribution in [2.24, 2.45) is 5.92 Å². The van der Waals surface area contributed by atoms with Crippen LogP contribution in [0.3, 0.4) is 0 Å². The van der Waals surface area contributed by atoms with E-state index in [0.717, 1.165) is 29.9 Å². The zero-order valence-corrected chi connectivity index (χ0v) is 13.8. The van der Waals surface area contributed by atoms with Crippen LogP contribution in [0.1, 0.15) is 46.8 Å². The second-order valence-corrected chi connectivity index (χ2v) is 5.94. The molecule has 23 heavy (non-hydrogen) atoms. The van der Waals surface area contributed by atoms with Crippen LogP contribution in [0.15, 0.2) is 12.4 Å². The fourth-order valence-corrected chi connectivity index (χ4v) is 3.27. The summed E-state index contributed by atoms with van der Waals surface area (Å²) < 4.78 is 7.65. The first-order chi connectivity index (χ1) is 11.1. The van der Waals surface area contributed by atoms with Crippen LogP contribution in [0.2, 0.25) is 0 Å². The van der Waals surface area contributed by atoms with Crippen molar-refractivity contribution >= 4 is 5.91 Å². The number of ether oxygens (including phenoxy) is 1. The first-order valence-electron chi connectivity index (χ1n) is 8.04. The topological polar surface area (TPSA) is 84.8 Å². The van der Waals surface area contributed by atoms with Gasteiger partial charge in [0, 0.05) is 43.1 Å². The summed E-state index contributed by atoms with van der Waals surface area (Å²) in [5.74, 6) is 0.205. The van der Waals surface area contributed by atoms with E-state index in [-0.39, 0.29) is 17.9 Å². The molecule has 1 saturated heterocycles. The number of nitrogens with zero attached hydrogens (tertiary/aromatic N) is 3. The van der Waals surface area contributed by atoms with Crippen molar-refractivity contribution in [3.8, 4) is 0 Å². The zero-order chi connectivity index (χ0) is 16.4. The van der Waals surface area contributed by atoms with Gasteiger partial charge in [0.15, 0.2) is 0 Å². The third kappa shape index (κ3) is 3.01. The number of carbonyl (C=O) groups is 1. The highest BCUT2D eigenvalue weighted by Crippen LogP contribution is 2.33. The SMILES string of the molecule is CCn1nc(C)c(C(=O)NC[C@H]2CCO[C@@H]2c2cn[nH]c2)c1C. The normalized spacial score (nSPS) is 20.8. The number of aromatic nitrogens is 4. The Bertz CT molecular complexity index is 677. The Kier molecular flexibility index (Phi) is 4.47. The first kappa shape index (κ1) is 15.7. The van der Waals surface area contributed by atoms with Gasteiger partial charge in [-0.05, 0) is 27.2 Å². The smallest absolute Gasteiger partial charge is 0.255 e. The van der Waals surface area contributed by atoms with Crippen molar-refractivity contribution in [1.82, 2.24) is 25.3 Å². The minimum atomic E-state index is -0.0578. The Labute approximate surface area is 135 Å². The minimum absolute atomic E-state index is 0.00499. The first-order valence-corrected chi connectivity index (χ1v) is 8.04. The van der Waals surface area contributed by atoms with Crippen molar-refractivity contribution in [2.75, 3.05) is 13.2 Å². The van der Waals surface area contributed by atoms with E-state index in [0.29, 0.717) is 18.7 Å². The van der Waals surface area contributed by atoms with Gasteiger partial charge in [0.1, 0.15) is 0 Å². The molecule has 0 aromatic carbocycles. The molecular formula is C16H23N5O2. The number of hydrogen-bond donors (Lipinski definition) is 2. The van der Waals surface area contributed by atoms with Crippen molar-refractivity contribution in [1.29, 1.82) is 0 Å². The molecule has 7 nitrogen and oxygen atoms in total. The Balaban J connectivity index is 1.66. The van der Waals surface area contributed by atoms with E-state index in [1.54, 1.807) is 6.20 Å². The molecule has 0 unspecified atom stereocenters. The highest BCUT2D eigenvalue weighted by atomic mass is 16.5. The maximum atomic E-state index is 12.5. The quantitative estimate of drug-likeness (QED) is 0.880. The summed E-state index contributed by atoms with van der Waals surface area (Å²) >= 11 is 0. The number of H-pyrrole nitrogens is 1. The van der Waals surface area contributed by atoms with Gasteiger partial charge in [0.25, 0.3) is 5.91 Å². The van der Waals surface area contributed by atoms with Gasteiger partial charge in [-0.25, -0.2) is 0 Å². The molecule has 2 N–H and O–H groups in total. The molecule has 3 rings (SSSR count). The third-order valence-electron chi connectivity index (χ3n) is 4.50. The molecule has 1 aliphatic heterocycles. The number of aromatic amines is 1. The summed E-state index contributed by atoms with van der Waals surface area (Å²) in [7, 11) is 0. The molecule has 3 heterocycles. The van der Waals surface area contributed by atoms with Crippen LogP contribution in [0, 0.1) is 19.8 Å². The Morgan fingerprint density at radius 3 is 3.00 bits per heavy atom. The lowest BCUT2D eigenvalue weighted by Gasteiger charge is -2.17. The van der Waals surface area contributed by atoms with Crippen molar-refractivity contribution in [3.05, 3.63) is 34.9 Å². The van der Waals surface area contributed by atoms with Gasteiger partial charge in [-0.15, -0.1) is 0 Å². The monoisotopic (exact) mass is 317 g/mol.